The van der Waals surface area contributed by atoms with Gasteiger partial charge in [0.05, 0.1) is 6.54 Å². The zero-order valence-electron chi connectivity index (χ0n) is 15.4. The largest absolute Gasteiger partial charge is 0.457 e. The second kappa shape index (κ2) is 7.89. The van der Waals surface area contributed by atoms with Crippen molar-refractivity contribution in [2.45, 2.75) is 26.3 Å². The first-order valence-corrected chi connectivity index (χ1v) is 9.03. The van der Waals surface area contributed by atoms with Gasteiger partial charge < -0.3 is 15.8 Å². The van der Waals surface area contributed by atoms with Gasteiger partial charge in [-0.1, -0.05) is 32.0 Å². The lowest BCUT2D eigenvalue weighted by Gasteiger charge is -2.42. The highest BCUT2D eigenvalue weighted by Crippen LogP contribution is 2.27. The topological polar surface area (TPSA) is 67.6 Å². The third-order valence-corrected chi connectivity index (χ3v) is 4.88. The van der Waals surface area contributed by atoms with Crippen LogP contribution in [0.3, 0.4) is 0 Å². The summed E-state index contributed by atoms with van der Waals surface area (Å²) in [6.45, 7) is 6.41. The number of hydrogen-bond acceptors (Lipinski definition) is 4. The molecule has 2 aromatic carbocycles. The van der Waals surface area contributed by atoms with E-state index in [0.717, 1.165) is 36.7 Å². The van der Waals surface area contributed by atoms with Crippen LogP contribution in [0.2, 0.25) is 0 Å². The molecule has 5 nitrogen and oxygen atoms in total. The van der Waals surface area contributed by atoms with Crippen LogP contribution in [0.15, 0.2) is 54.6 Å². The minimum Gasteiger partial charge on any atom is -0.457 e. The molecule has 0 aliphatic carbocycles. The minimum atomic E-state index is -0.00648. The van der Waals surface area contributed by atoms with Gasteiger partial charge in [0, 0.05) is 24.8 Å². The maximum atomic E-state index is 12.3. The van der Waals surface area contributed by atoms with Gasteiger partial charge in [-0.2, -0.15) is 0 Å². The van der Waals surface area contributed by atoms with Gasteiger partial charge in [-0.25, -0.2) is 0 Å². The first-order valence-electron chi connectivity index (χ1n) is 9.03. The van der Waals surface area contributed by atoms with Crippen molar-refractivity contribution >= 4 is 11.6 Å². The fourth-order valence-corrected chi connectivity index (χ4v) is 3.25. The van der Waals surface area contributed by atoms with Crippen LogP contribution in [0.25, 0.3) is 0 Å². The van der Waals surface area contributed by atoms with Gasteiger partial charge in [0.25, 0.3) is 0 Å². The van der Waals surface area contributed by atoms with E-state index >= 15 is 0 Å². The van der Waals surface area contributed by atoms with Crippen molar-refractivity contribution in [3.05, 3.63) is 54.6 Å². The Balaban J connectivity index is 1.51. The maximum Gasteiger partial charge on any atom is 0.238 e. The second-order valence-corrected chi connectivity index (χ2v) is 7.58. The number of anilines is 1. The number of benzene rings is 2. The molecule has 138 valence electrons. The molecule has 0 bridgehead atoms. The molecule has 0 radical (unpaired) electrons. The molecule has 0 spiro atoms. The number of nitrogens with zero attached hydrogens (tertiary/aromatic N) is 1. The minimum absolute atomic E-state index is 0.00648. The maximum absolute atomic E-state index is 12.3. The van der Waals surface area contributed by atoms with Gasteiger partial charge in [0.2, 0.25) is 5.91 Å². The number of hydrogen-bond donors (Lipinski definition) is 2. The smallest absolute Gasteiger partial charge is 0.238 e. The van der Waals surface area contributed by atoms with E-state index in [0.29, 0.717) is 6.54 Å². The summed E-state index contributed by atoms with van der Waals surface area (Å²) >= 11 is 0. The highest BCUT2D eigenvalue weighted by Gasteiger charge is 2.33. The second-order valence-electron chi connectivity index (χ2n) is 7.58. The van der Waals surface area contributed by atoms with Crippen molar-refractivity contribution in [1.82, 2.24) is 4.90 Å². The fourth-order valence-electron chi connectivity index (χ4n) is 3.25. The molecule has 3 rings (SSSR count). The van der Waals surface area contributed by atoms with E-state index in [4.69, 9.17) is 10.5 Å². The Morgan fingerprint density at radius 2 is 1.81 bits per heavy atom. The first-order chi connectivity index (χ1) is 12.4. The quantitative estimate of drug-likeness (QED) is 0.864. The van der Waals surface area contributed by atoms with Crippen molar-refractivity contribution in [2.24, 2.45) is 11.1 Å². The number of para-hydroxylation sites is 1. The summed E-state index contributed by atoms with van der Waals surface area (Å²) in [6, 6.07) is 17.2. The molecule has 2 aromatic rings. The summed E-state index contributed by atoms with van der Waals surface area (Å²) in [5.41, 5.74) is 6.96. The number of piperidine rings is 1. The van der Waals surface area contributed by atoms with Crippen LogP contribution in [-0.4, -0.2) is 36.5 Å². The molecule has 5 heteroatoms. The number of carbonyl (C=O) groups is 1. The number of carbonyl (C=O) groups excluding carboxylic acids is 1. The van der Waals surface area contributed by atoms with Crippen LogP contribution in [0, 0.1) is 5.41 Å². The van der Waals surface area contributed by atoms with E-state index in [2.05, 4.69) is 24.1 Å². The number of rotatable bonds is 5. The number of nitrogens with two attached hydrogens (primary N) is 1. The lowest BCUT2D eigenvalue weighted by Crippen LogP contribution is -2.53. The Morgan fingerprint density at radius 1 is 1.15 bits per heavy atom. The molecule has 1 atom stereocenters. The summed E-state index contributed by atoms with van der Waals surface area (Å²) in [4.78, 5) is 14.5. The molecule has 0 saturated carbocycles. The third kappa shape index (κ3) is 4.84. The van der Waals surface area contributed by atoms with Gasteiger partial charge in [-0.05, 0) is 48.2 Å². The van der Waals surface area contributed by atoms with E-state index in [9.17, 15) is 4.79 Å². The number of ether oxygens (including phenoxy) is 1. The summed E-state index contributed by atoms with van der Waals surface area (Å²) in [5.74, 6) is 1.52. The monoisotopic (exact) mass is 353 g/mol. The summed E-state index contributed by atoms with van der Waals surface area (Å²) in [5, 5.41) is 2.95. The predicted octanol–water partition coefficient (Wildman–Crippen LogP) is 3.48. The van der Waals surface area contributed by atoms with E-state index in [1.165, 1.54) is 0 Å². The van der Waals surface area contributed by atoms with Crippen LogP contribution >= 0.6 is 0 Å². The van der Waals surface area contributed by atoms with Crippen LogP contribution in [0.4, 0.5) is 5.69 Å². The Hall–Kier alpha value is -2.37. The van der Waals surface area contributed by atoms with Gasteiger partial charge in [0.15, 0.2) is 0 Å². The normalized spacial score (nSPS) is 19.7. The number of amides is 1. The Kier molecular flexibility index (Phi) is 5.59. The summed E-state index contributed by atoms with van der Waals surface area (Å²) in [6.07, 6.45) is 0.922. The van der Waals surface area contributed by atoms with Crippen molar-refractivity contribution < 1.29 is 9.53 Å². The number of likely N-dealkylation sites (tertiary alicyclic amines) is 1. The van der Waals surface area contributed by atoms with E-state index < -0.39 is 0 Å². The van der Waals surface area contributed by atoms with Crippen molar-refractivity contribution in [3.63, 3.8) is 0 Å². The highest BCUT2D eigenvalue weighted by molar-refractivity contribution is 5.92. The standard InChI is InChI=1S/C21H27N3O2/c1-21(2)15-24(13-12-19(21)22)14-20(25)23-16-8-10-18(11-9-16)26-17-6-4-3-5-7-17/h3-11,19H,12-15,22H2,1-2H3,(H,23,25). The summed E-state index contributed by atoms with van der Waals surface area (Å²) < 4.78 is 5.76. The molecular weight excluding hydrogens is 326 g/mol. The van der Waals surface area contributed by atoms with Crippen LogP contribution in [-0.2, 0) is 4.79 Å². The zero-order valence-corrected chi connectivity index (χ0v) is 15.4. The molecule has 1 aliphatic heterocycles. The molecule has 0 aromatic heterocycles. The molecule has 1 amide bonds. The van der Waals surface area contributed by atoms with Crippen molar-refractivity contribution in [1.29, 1.82) is 0 Å². The van der Waals surface area contributed by atoms with Crippen molar-refractivity contribution in [2.75, 3.05) is 25.0 Å². The molecule has 1 fully saturated rings. The molecule has 1 saturated heterocycles. The SMILES string of the molecule is CC1(C)CN(CC(=O)Nc2ccc(Oc3ccccc3)cc2)CCC1N. The molecule has 1 aliphatic rings. The molecule has 26 heavy (non-hydrogen) atoms. The average Bonchev–Trinajstić information content (AvgIpc) is 2.60. The van der Waals surface area contributed by atoms with E-state index in [-0.39, 0.29) is 17.4 Å². The van der Waals surface area contributed by atoms with Crippen LogP contribution in [0.5, 0.6) is 11.5 Å². The van der Waals surface area contributed by atoms with Crippen LogP contribution in [0.1, 0.15) is 20.3 Å². The Labute approximate surface area is 155 Å². The van der Waals surface area contributed by atoms with Gasteiger partial charge in [-0.15, -0.1) is 0 Å². The van der Waals surface area contributed by atoms with Gasteiger partial charge in [0.1, 0.15) is 11.5 Å². The third-order valence-electron chi connectivity index (χ3n) is 4.88. The molecule has 3 N–H and O–H groups in total. The number of nitrogens with one attached hydrogen (secondary N) is 1. The predicted molar refractivity (Wildman–Crippen MR) is 104 cm³/mol. The first kappa shape index (κ1) is 18.4. The highest BCUT2D eigenvalue weighted by atomic mass is 16.5. The Bertz CT molecular complexity index is 729. The van der Waals surface area contributed by atoms with Gasteiger partial charge in [-0.3, -0.25) is 9.69 Å². The van der Waals surface area contributed by atoms with E-state index in [1.807, 2.05) is 54.6 Å². The zero-order chi connectivity index (χ0) is 18.6. The summed E-state index contributed by atoms with van der Waals surface area (Å²) in [7, 11) is 0. The molecule has 1 unspecified atom stereocenters. The van der Waals surface area contributed by atoms with Gasteiger partial charge >= 0.3 is 0 Å². The van der Waals surface area contributed by atoms with E-state index in [1.54, 1.807) is 0 Å². The lowest BCUT2D eigenvalue weighted by atomic mass is 9.80. The van der Waals surface area contributed by atoms with Crippen molar-refractivity contribution in [3.8, 4) is 11.5 Å². The Morgan fingerprint density at radius 3 is 2.46 bits per heavy atom. The molecule has 1 heterocycles. The van der Waals surface area contributed by atoms with Crippen LogP contribution < -0.4 is 15.8 Å². The molecular formula is C21H27N3O2. The fraction of sp³-hybridized carbons (Fsp3) is 0.381. The lowest BCUT2D eigenvalue weighted by molar-refractivity contribution is -0.118. The average molecular weight is 353 g/mol.